The van der Waals surface area contributed by atoms with Gasteiger partial charge in [0.25, 0.3) is 0 Å². The molecule has 0 saturated carbocycles. The minimum absolute atomic E-state index is 0.102. The van der Waals surface area contributed by atoms with Crippen molar-refractivity contribution in [1.82, 2.24) is 15.1 Å². The van der Waals surface area contributed by atoms with Crippen LogP contribution in [0.1, 0.15) is 41.8 Å². The van der Waals surface area contributed by atoms with Gasteiger partial charge in [0, 0.05) is 25.8 Å². The third-order valence-electron chi connectivity index (χ3n) is 5.50. The van der Waals surface area contributed by atoms with Crippen molar-refractivity contribution in [3.05, 3.63) is 52.8 Å². The normalized spacial score (nSPS) is 20.3. The second kappa shape index (κ2) is 8.49. The molecule has 0 aliphatic carbocycles. The third kappa shape index (κ3) is 4.15. The van der Waals surface area contributed by atoms with Crippen molar-refractivity contribution in [2.75, 3.05) is 13.7 Å². The van der Waals surface area contributed by atoms with Crippen molar-refractivity contribution in [3.63, 3.8) is 0 Å². The van der Waals surface area contributed by atoms with Crippen molar-refractivity contribution in [2.24, 2.45) is 0 Å². The summed E-state index contributed by atoms with van der Waals surface area (Å²) in [4.78, 5) is 15.1. The monoisotopic (exact) mass is 355 g/mol. The van der Waals surface area contributed by atoms with Gasteiger partial charge < -0.3 is 9.64 Å². The number of benzene rings is 1. The number of H-pyrrole nitrogens is 1. The van der Waals surface area contributed by atoms with Crippen LogP contribution < -0.4 is 0 Å². The molecule has 2 aromatic rings. The number of methoxy groups -OCH3 is 1. The summed E-state index contributed by atoms with van der Waals surface area (Å²) in [5.41, 5.74) is 4.47. The minimum atomic E-state index is 0.102. The number of carbonyl (C=O) groups excluding carboxylic acids is 1. The average molecular weight is 355 g/mol. The highest BCUT2D eigenvalue weighted by Gasteiger charge is 2.34. The van der Waals surface area contributed by atoms with Crippen LogP contribution in [-0.2, 0) is 22.4 Å². The molecule has 1 aliphatic heterocycles. The number of hydrogen-bond acceptors (Lipinski definition) is 3. The van der Waals surface area contributed by atoms with Crippen molar-refractivity contribution >= 4 is 5.91 Å². The van der Waals surface area contributed by atoms with Gasteiger partial charge in [-0.15, -0.1) is 0 Å². The van der Waals surface area contributed by atoms with Gasteiger partial charge in [-0.3, -0.25) is 9.89 Å². The molecule has 1 amide bonds. The predicted molar refractivity (Wildman–Crippen MR) is 102 cm³/mol. The molecule has 0 radical (unpaired) electrons. The van der Waals surface area contributed by atoms with Gasteiger partial charge in [0.1, 0.15) is 0 Å². The molecule has 0 unspecified atom stereocenters. The minimum Gasteiger partial charge on any atom is -0.379 e. The number of nitrogens with one attached hydrogen (secondary N) is 1. The van der Waals surface area contributed by atoms with Crippen LogP contribution in [0, 0.1) is 13.8 Å². The Morgan fingerprint density at radius 3 is 2.73 bits per heavy atom. The molecule has 1 fully saturated rings. The first-order valence-corrected chi connectivity index (χ1v) is 9.46. The van der Waals surface area contributed by atoms with E-state index in [2.05, 4.69) is 39.4 Å². The van der Waals surface area contributed by atoms with E-state index in [9.17, 15) is 4.79 Å². The van der Waals surface area contributed by atoms with Crippen molar-refractivity contribution < 1.29 is 9.53 Å². The molecule has 0 bridgehead atoms. The van der Waals surface area contributed by atoms with Gasteiger partial charge in [0.2, 0.25) is 5.91 Å². The van der Waals surface area contributed by atoms with Gasteiger partial charge in [0.15, 0.2) is 0 Å². The number of amides is 1. The lowest BCUT2D eigenvalue weighted by Gasteiger charge is -2.41. The van der Waals surface area contributed by atoms with E-state index in [1.807, 2.05) is 19.9 Å². The van der Waals surface area contributed by atoms with E-state index in [1.54, 1.807) is 7.11 Å². The summed E-state index contributed by atoms with van der Waals surface area (Å²) in [6.45, 7) is 4.82. The molecule has 26 heavy (non-hydrogen) atoms. The molecule has 140 valence electrons. The summed E-state index contributed by atoms with van der Waals surface area (Å²) in [5.74, 6) is 0.215. The zero-order valence-electron chi connectivity index (χ0n) is 16.0. The summed E-state index contributed by atoms with van der Waals surface area (Å²) in [5, 5.41) is 7.24. The van der Waals surface area contributed by atoms with Gasteiger partial charge in [-0.2, -0.15) is 5.10 Å². The molecule has 0 spiro atoms. The number of likely N-dealkylation sites (tertiary alicyclic amines) is 1. The maximum atomic E-state index is 13.0. The van der Waals surface area contributed by atoms with Gasteiger partial charge in [0.05, 0.1) is 17.8 Å². The SMILES string of the molecule is CO[C@H]1CCCN(C(=O)CCc2c(C)n[nH]c2C)[C@H]1Cc1ccccc1. The number of aryl methyl sites for hydroxylation is 2. The van der Waals surface area contributed by atoms with E-state index < -0.39 is 0 Å². The Balaban J connectivity index is 1.71. The highest BCUT2D eigenvalue weighted by atomic mass is 16.5. The van der Waals surface area contributed by atoms with Gasteiger partial charge in [-0.25, -0.2) is 0 Å². The lowest BCUT2D eigenvalue weighted by molar-refractivity contribution is -0.139. The first-order valence-electron chi connectivity index (χ1n) is 9.46. The first-order chi connectivity index (χ1) is 12.6. The number of nitrogens with zero attached hydrogens (tertiary/aromatic N) is 2. The molecule has 2 heterocycles. The molecule has 2 atom stereocenters. The standard InChI is InChI=1S/C21H29N3O2/c1-15-18(16(2)23-22-15)11-12-21(25)24-13-7-10-20(26-3)19(24)14-17-8-5-4-6-9-17/h4-6,8-9,19-20H,7,10-14H2,1-3H3,(H,22,23)/t19-,20-/m0/s1. The topological polar surface area (TPSA) is 58.2 Å². The largest absolute Gasteiger partial charge is 0.379 e. The van der Waals surface area contributed by atoms with E-state index in [0.717, 1.165) is 43.6 Å². The Morgan fingerprint density at radius 1 is 1.31 bits per heavy atom. The van der Waals surface area contributed by atoms with Gasteiger partial charge >= 0.3 is 0 Å². The fourth-order valence-electron chi connectivity index (χ4n) is 4.02. The smallest absolute Gasteiger partial charge is 0.223 e. The highest BCUT2D eigenvalue weighted by Crippen LogP contribution is 2.25. The fraction of sp³-hybridized carbons (Fsp3) is 0.524. The van der Waals surface area contributed by atoms with E-state index >= 15 is 0 Å². The molecular formula is C21H29N3O2. The van der Waals surface area contributed by atoms with Gasteiger partial charge in [-0.1, -0.05) is 30.3 Å². The van der Waals surface area contributed by atoms with Crippen LogP contribution in [0.15, 0.2) is 30.3 Å². The first kappa shape index (κ1) is 18.6. The maximum Gasteiger partial charge on any atom is 0.223 e. The summed E-state index contributed by atoms with van der Waals surface area (Å²) in [7, 11) is 1.76. The quantitative estimate of drug-likeness (QED) is 0.866. The molecule has 3 rings (SSSR count). The lowest BCUT2D eigenvalue weighted by Crippen LogP contribution is -2.52. The van der Waals surface area contributed by atoms with Crippen LogP contribution in [0.3, 0.4) is 0 Å². The van der Waals surface area contributed by atoms with Crippen LogP contribution in [0.2, 0.25) is 0 Å². The lowest BCUT2D eigenvalue weighted by atomic mass is 9.92. The van der Waals surface area contributed by atoms with Crippen molar-refractivity contribution in [1.29, 1.82) is 0 Å². The summed E-state index contributed by atoms with van der Waals surface area (Å²) in [6, 6.07) is 10.5. The van der Waals surface area contributed by atoms with E-state index in [-0.39, 0.29) is 18.1 Å². The summed E-state index contributed by atoms with van der Waals surface area (Å²) < 4.78 is 5.74. The second-order valence-corrected chi connectivity index (χ2v) is 7.17. The average Bonchev–Trinajstić information content (AvgIpc) is 2.98. The molecule has 5 heteroatoms. The number of aromatic amines is 1. The third-order valence-corrected chi connectivity index (χ3v) is 5.50. The van der Waals surface area contributed by atoms with Crippen LogP contribution >= 0.6 is 0 Å². The number of carbonyl (C=O) groups is 1. The van der Waals surface area contributed by atoms with Crippen LogP contribution in [-0.4, -0.2) is 46.8 Å². The second-order valence-electron chi connectivity index (χ2n) is 7.17. The number of hydrogen-bond donors (Lipinski definition) is 1. The summed E-state index contributed by atoms with van der Waals surface area (Å²) >= 11 is 0. The molecule has 5 nitrogen and oxygen atoms in total. The molecule has 1 aromatic heterocycles. The molecule has 1 saturated heterocycles. The Morgan fingerprint density at radius 2 is 2.08 bits per heavy atom. The van der Waals surface area contributed by atoms with Crippen LogP contribution in [0.4, 0.5) is 0 Å². The van der Waals surface area contributed by atoms with Crippen molar-refractivity contribution in [3.8, 4) is 0 Å². The van der Waals surface area contributed by atoms with E-state index in [1.165, 1.54) is 11.1 Å². The molecular weight excluding hydrogens is 326 g/mol. The molecule has 1 aliphatic rings. The zero-order valence-corrected chi connectivity index (χ0v) is 16.0. The predicted octanol–water partition coefficient (Wildman–Crippen LogP) is 3.21. The number of rotatable bonds is 6. The number of aromatic nitrogens is 2. The van der Waals surface area contributed by atoms with Gasteiger partial charge in [-0.05, 0) is 50.7 Å². The number of ether oxygens (including phenoxy) is 1. The Labute approximate surface area is 155 Å². The highest BCUT2D eigenvalue weighted by molar-refractivity contribution is 5.77. The van der Waals surface area contributed by atoms with Crippen molar-refractivity contribution in [2.45, 2.75) is 58.1 Å². The molecule has 1 N–H and O–H groups in total. The molecule has 1 aromatic carbocycles. The fourth-order valence-corrected chi connectivity index (χ4v) is 4.02. The Kier molecular flexibility index (Phi) is 6.09. The number of piperidine rings is 1. The Bertz CT molecular complexity index is 707. The van der Waals surface area contributed by atoms with Crippen LogP contribution in [0.25, 0.3) is 0 Å². The van der Waals surface area contributed by atoms with E-state index in [0.29, 0.717) is 6.42 Å². The Hall–Kier alpha value is -2.14. The zero-order chi connectivity index (χ0) is 18.5. The summed E-state index contributed by atoms with van der Waals surface area (Å²) in [6.07, 6.45) is 4.21. The maximum absolute atomic E-state index is 13.0. The van der Waals surface area contributed by atoms with Crippen LogP contribution in [0.5, 0.6) is 0 Å². The van der Waals surface area contributed by atoms with E-state index in [4.69, 9.17) is 4.74 Å².